The van der Waals surface area contributed by atoms with Gasteiger partial charge < -0.3 is 9.64 Å². The molecule has 34 heavy (non-hydrogen) atoms. The first-order valence-corrected chi connectivity index (χ1v) is 12.0. The number of anilines is 1. The second kappa shape index (κ2) is 9.75. The van der Waals surface area contributed by atoms with E-state index in [0.29, 0.717) is 17.2 Å². The molecule has 0 saturated carbocycles. The molecule has 0 N–H and O–H groups in total. The highest BCUT2D eigenvalue weighted by Crippen LogP contribution is 2.36. The molecule has 0 atom stereocenters. The summed E-state index contributed by atoms with van der Waals surface area (Å²) in [6, 6.07) is 6.76. The minimum atomic E-state index is -4.76. The molecule has 3 aromatic heterocycles. The van der Waals surface area contributed by atoms with E-state index in [-0.39, 0.29) is 29.4 Å². The lowest BCUT2D eigenvalue weighted by Crippen LogP contribution is -2.36. The summed E-state index contributed by atoms with van der Waals surface area (Å²) < 4.78 is 69.0. The number of carbonyl (C=O) groups excluding carboxylic acids is 1. The van der Waals surface area contributed by atoms with Crippen LogP contribution >= 0.6 is 0 Å². The van der Waals surface area contributed by atoms with Gasteiger partial charge in [0.15, 0.2) is 0 Å². The summed E-state index contributed by atoms with van der Waals surface area (Å²) in [6.45, 7) is 1.02. The van der Waals surface area contributed by atoms with Crippen LogP contribution in [0, 0.1) is 6.92 Å². The summed E-state index contributed by atoms with van der Waals surface area (Å²) in [7, 11) is -2.10. The van der Waals surface area contributed by atoms with Gasteiger partial charge in [0.2, 0.25) is 5.88 Å². The number of hydrogen-bond donors (Lipinski definition) is 0. The zero-order chi connectivity index (χ0) is 25.1. The zero-order valence-electron chi connectivity index (χ0n) is 18.5. The Labute approximate surface area is 194 Å². The van der Waals surface area contributed by atoms with E-state index < -0.39 is 33.4 Å². The molecule has 1 amide bonds. The van der Waals surface area contributed by atoms with Crippen molar-refractivity contribution >= 4 is 21.4 Å². The largest absolute Gasteiger partial charge is 0.481 e. The topological polar surface area (TPSA) is 102 Å². The number of amides is 1. The number of aryl methyl sites for hydroxylation is 1. The van der Waals surface area contributed by atoms with Crippen molar-refractivity contribution in [3.63, 3.8) is 0 Å². The molecule has 0 aliphatic carbocycles. The maximum atomic E-state index is 13.5. The van der Waals surface area contributed by atoms with Crippen LogP contribution in [0.5, 0.6) is 5.88 Å². The third-order valence-electron chi connectivity index (χ3n) is 4.77. The fraction of sp³-hybridized carbons (Fsp3) is 0.273. The fourth-order valence-electron chi connectivity index (χ4n) is 3.27. The molecule has 0 aliphatic heterocycles. The van der Waals surface area contributed by atoms with Gasteiger partial charge in [-0.1, -0.05) is 0 Å². The van der Waals surface area contributed by atoms with Crippen LogP contribution in [0.15, 0.2) is 48.9 Å². The highest BCUT2D eigenvalue weighted by molar-refractivity contribution is 7.90. The minimum Gasteiger partial charge on any atom is -0.481 e. The number of pyridine rings is 3. The molecule has 3 rings (SSSR count). The van der Waals surface area contributed by atoms with Crippen molar-refractivity contribution in [1.29, 1.82) is 0 Å². The Morgan fingerprint density at radius 1 is 1.15 bits per heavy atom. The standard InChI is InChI=1S/C22H21F3N4O4S/c1-14-11-15(12-19(28-14)22(23,24)25)21(30)29(9-10-34(3,31)32)18-13-26-8-6-16(18)17-5-4-7-27-20(17)33-2/h4-8,11-13H,9-10H2,1-3H3. The number of methoxy groups -OCH3 is 1. The number of aromatic nitrogens is 3. The van der Waals surface area contributed by atoms with Crippen molar-refractivity contribution in [2.24, 2.45) is 0 Å². The van der Waals surface area contributed by atoms with E-state index in [1.54, 1.807) is 18.2 Å². The summed E-state index contributed by atoms with van der Waals surface area (Å²) in [5.41, 5.74) is -0.419. The molecule has 0 radical (unpaired) electrons. The Balaban J connectivity index is 2.18. The number of halogens is 3. The molecule has 0 saturated heterocycles. The number of rotatable bonds is 7. The van der Waals surface area contributed by atoms with Gasteiger partial charge in [-0.05, 0) is 37.3 Å². The molecule has 12 heteroatoms. The number of ether oxygens (including phenoxy) is 1. The summed E-state index contributed by atoms with van der Waals surface area (Å²) in [5, 5.41) is 0. The molecule has 0 spiro atoms. The molecular formula is C22H21F3N4O4S. The first-order valence-electron chi connectivity index (χ1n) is 9.89. The van der Waals surface area contributed by atoms with Crippen LogP contribution in [0.2, 0.25) is 0 Å². The SMILES string of the molecule is COc1ncccc1-c1ccncc1N(CCS(C)(=O)=O)C(=O)c1cc(C)nc(C(F)(F)F)c1. The maximum Gasteiger partial charge on any atom is 0.433 e. The Kier molecular flexibility index (Phi) is 7.20. The second-order valence-corrected chi connectivity index (χ2v) is 9.68. The smallest absolute Gasteiger partial charge is 0.433 e. The van der Waals surface area contributed by atoms with Crippen LogP contribution in [0.4, 0.5) is 18.9 Å². The average Bonchev–Trinajstić information content (AvgIpc) is 2.77. The molecule has 0 aromatic carbocycles. The third kappa shape index (κ3) is 5.87. The summed E-state index contributed by atoms with van der Waals surface area (Å²) >= 11 is 0. The highest BCUT2D eigenvalue weighted by atomic mass is 32.2. The Morgan fingerprint density at radius 3 is 2.53 bits per heavy atom. The van der Waals surface area contributed by atoms with E-state index in [4.69, 9.17) is 4.74 Å². The van der Waals surface area contributed by atoms with Gasteiger partial charge >= 0.3 is 6.18 Å². The first kappa shape index (κ1) is 25.1. The van der Waals surface area contributed by atoms with Gasteiger partial charge in [0.25, 0.3) is 5.91 Å². The van der Waals surface area contributed by atoms with Gasteiger partial charge in [-0.15, -0.1) is 0 Å². The Bertz CT molecular complexity index is 1310. The molecule has 3 heterocycles. The van der Waals surface area contributed by atoms with Crippen molar-refractivity contribution in [3.8, 4) is 17.0 Å². The number of carbonyl (C=O) groups is 1. The van der Waals surface area contributed by atoms with Crippen LogP contribution < -0.4 is 9.64 Å². The second-order valence-electron chi connectivity index (χ2n) is 7.42. The van der Waals surface area contributed by atoms with E-state index in [9.17, 15) is 26.4 Å². The summed E-state index contributed by atoms with van der Waals surface area (Å²) in [5.74, 6) is -1.02. The van der Waals surface area contributed by atoms with Crippen LogP contribution in [0.1, 0.15) is 21.7 Å². The predicted molar refractivity (Wildman–Crippen MR) is 119 cm³/mol. The van der Waals surface area contributed by atoms with E-state index in [1.807, 2.05) is 0 Å². The molecule has 0 bridgehead atoms. The van der Waals surface area contributed by atoms with E-state index in [1.165, 1.54) is 38.7 Å². The third-order valence-corrected chi connectivity index (χ3v) is 5.69. The van der Waals surface area contributed by atoms with E-state index >= 15 is 0 Å². The highest BCUT2D eigenvalue weighted by Gasteiger charge is 2.34. The van der Waals surface area contributed by atoms with Gasteiger partial charge in [-0.25, -0.2) is 18.4 Å². The number of alkyl halides is 3. The van der Waals surface area contributed by atoms with Crippen molar-refractivity contribution in [2.75, 3.05) is 30.6 Å². The molecule has 8 nitrogen and oxygen atoms in total. The zero-order valence-corrected chi connectivity index (χ0v) is 19.3. The minimum absolute atomic E-state index is 0.0124. The van der Waals surface area contributed by atoms with Gasteiger partial charge in [0.05, 0.1) is 24.7 Å². The van der Waals surface area contributed by atoms with Crippen molar-refractivity contribution in [1.82, 2.24) is 15.0 Å². The van der Waals surface area contributed by atoms with Gasteiger partial charge in [0, 0.05) is 47.6 Å². The Morgan fingerprint density at radius 2 is 1.88 bits per heavy atom. The van der Waals surface area contributed by atoms with Crippen LogP contribution in [-0.2, 0) is 16.0 Å². The Hall–Kier alpha value is -3.54. The van der Waals surface area contributed by atoms with Gasteiger partial charge in [-0.3, -0.25) is 9.78 Å². The normalized spacial score (nSPS) is 11.8. The molecule has 0 aliphatic rings. The number of sulfone groups is 1. The van der Waals surface area contributed by atoms with Gasteiger partial charge in [0.1, 0.15) is 15.5 Å². The lowest BCUT2D eigenvalue weighted by atomic mass is 10.0. The number of hydrogen-bond acceptors (Lipinski definition) is 7. The van der Waals surface area contributed by atoms with Gasteiger partial charge in [-0.2, -0.15) is 13.2 Å². The molecule has 0 fully saturated rings. The number of nitrogens with zero attached hydrogens (tertiary/aromatic N) is 4. The van der Waals surface area contributed by atoms with Crippen LogP contribution in [-0.4, -0.2) is 54.9 Å². The monoisotopic (exact) mass is 494 g/mol. The van der Waals surface area contributed by atoms with Crippen LogP contribution in [0.3, 0.4) is 0 Å². The molecule has 0 unspecified atom stereocenters. The maximum absolute atomic E-state index is 13.5. The van der Waals surface area contributed by atoms with E-state index in [0.717, 1.165) is 11.2 Å². The lowest BCUT2D eigenvalue weighted by Gasteiger charge is -2.25. The first-order chi connectivity index (χ1) is 15.9. The average molecular weight is 494 g/mol. The van der Waals surface area contributed by atoms with Crippen molar-refractivity contribution < 1.29 is 31.1 Å². The lowest BCUT2D eigenvalue weighted by molar-refractivity contribution is -0.141. The summed E-state index contributed by atoms with van der Waals surface area (Å²) in [6.07, 6.45) is 0.543. The molecule has 180 valence electrons. The quantitative estimate of drug-likeness (QED) is 0.495. The molecular weight excluding hydrogens is 473 g/mol. The van der Waals surface area contributed by atoms with Crippen molar-refractivity contribution in [3.05, 3.63) is 65.9 Å². The van der Waals surface area contributed by atoms with E-state index in [2.05, 4.69) is 15.0 Å². The molecule has 3 aromatic rings. The van der Waals surface area contributed by atoms with Crippen LogP contribution in [0.25, 0.3) is 11.1 Å². The summed E-state index contributed by atoms with van der Waals surface area (Å²) in [4.78, 5) is 26.2. The van der Waals surface area contributed by atoms with Crippen molar-refractivity contribution in [2.45, 2.75) is 13.1 Å². The predicted octanol–water partition coefficient (Wildman–Crippen LogP) is 3.57. The fourth-order valence-corrected chi connectivity index (χ4v) is 3.78.